The van der Waals surface area contributed by atoms with E-state index in [2.05, 4.69) is 4.98 Å². The van der Waals surface area contributed by atoms with Gasteiger partial charge in [-0.25, -0.2) is 22.7 Å². The number of esters is 1. The van der Waals surface area contributed by atoms with Crippen molar-refractivity contribution in [1.29, 1.82) is 0 Å². The van der Waals surface area contributed by atoms with Gasteiger partial charge in [-0.1, -0.05) is 18.2 Å². The van der Waals surface area contributed by atoms with Crippen molar-refractivity contribution in [2.75, 3.05) is 0 Å². The summed E-state index contributed by atoms with van der Waals surface area (Å²) in [4.78, 5) is 27.8. The van der Waals surface area contributed by atoms with Crippen molar-refractivity contribution >= 4 is 32.7 Å². The molecule has 1 atom stereocenters. The standard InChI is InChI=1S/C19H17FN2O5S/c1-10-17(13-5-3-4-6-16(13)22-10)18(23)11(2)27-19(24)14-9-12(28(21,25)26)7-8-15(14)20/h3-9,11,22H,1-2H3,(H2,21,25,26)/t11-/m0/s1. The summed E-state index contributed by atoms with van der Waals surface area (Å²) in [7, 11) is -4.13. The number of sulfonamides is 1. The van der Waals surface area contributed by atoms with Crippen LogP contribution in [0.3, 0.4) is 0 Å². The normalized spacial score (nSPS) is 12.7. The Balaban J connectivity index is 1.88. The Morgan fingerprint density at radius 2 is 1.86 bits per heavy atom. The van der Waals surface area contributed by atoms with Crippen LogP contribution in [-0.2, 0) is 14.8 Å². The number of aromatic amines is 1. The van der Waals surface area contributed by atoms with Gasteiger partial charge in [0.05, 0.1) is 10.5 Å². The Labute approximate surface area is 160 Å². The highest BCUT2D eigenvalue weighted by atomic mass is 32.2. The summed E-state index contributed by atoms with van der Waals surface area (Å²) in [6, 6.07) is 9.67. The Hall–Kier alpha value is -3.04. The molecule has 0 bridgehead atoms. The molecule has 0 saturated heterocycles. The molecule has 28 heavy (non-hydrogen) atoms. The average molecular weight is 404 g/mol. The summed E-state index contributed by atoms with van der Waals surface area (Å²) in [5.74, 6) is -2.62. The first-order valence-electron chi connectivity index (χ1n) is 8.24. The van der Waals surface area contributed by atoms with E-state index in [4.69, 9.17) is 9.88 Å². The van der Waals surface area contributed by atoms with E-state index in [1.165, 1.54) is 6.92 Å². The summed E-state index contributed by atoms with van der Waals surface area (Å²) in [5, 5.41) is 5.68. The lowest BCUT2D eigenvalue weighted by Gasteiger charge is -2.13. The van der Waals surface area contributed by atoms with Crippen molar-refractivity contribution in [3.05, 3.63) is 65.1 Å². The second-order valence-corrected chi connectivity index (χ2v) is 7.83. The highest BCUT2D eigenvalue weighted by Gasteiger charge is 2.26. The zero-order chi connectivity index (χ0) is 20.6. The number of H-pyrrole nitrogens is 1. The van der Waals surface area contributed by atoms with Crippen LogP contribution in [0.2, 0.25) is 0 Å². The highest BCUT2D eigenvalue weighted by Crippen LogP contribution is 2.24. The number of hydrogen-bond acceptors (Lipinski definition) is 5. The number of nitrogens with one attached hydrogen (secondary N) is 1. The Kier molecular flexibility index (Phi) is 5.05. The Bertz CT molecular complexity index is 1200. The molecule has 7 nitrogen and oxygen atoms in total. The molecule has 0 fully saturated rings. The predicted molar refractivity (Wildman–Crippen MR) is 100 cm³/mol. The fourth-order valence-electron chi connectivity index (χ4n) is 2.91. The van der Waals surface area contributed by atoms with E-state index in [0.717, 1.165) is 23.7 Å². The number of benzene rings is 2. The third kappa shape index (κ3) is 3.67. The fourth-order valence-corrected chi connectivity index (χ4v) is 3.45. The third-order valence-corrected chi connectivity index (χ3v) is 5.19. The zero-order valence-electron chi connectivity index (χ0n) is 15.0. The van der Waals surface area contributed by atoms with Gasteiger partial charge in [-0.3, -0.25) is 4.79 Å². The molecule has 0 spiro atoms. The number of nitrogens with two attached hydrogens (primary N) is 1. The molecule has 9 heteroatoms. The van der Waals surface area contributed by atoms with Crippen molar-refractivity contribution in [2.45, 2.75) is 24.8 Å². The molecule has 0 saturated carbocycles. The Morgan fingerprint density at radius 1 is 1.18 bits per heavy atom. The van der Waals surface area contributed by atoms with E-state index < -0.39 is 44.2 Å². The maximum atomic E-state index is 14.0. The topological polar surface area (TPSA) is 119 Å². The van der Waals surface area contributed by atoms with E-state index in [1.807, 2.05) is 12.1 Å². The van der Waals surface area contributed by atoms with Gasteiger partial charge < -0.3 is 9.72 Å². The van der Waals surface area contributed by atoms with Crippen LogP contribution in [0.5, 0.6) is 0 Å². The van der Waals surface area contributed by atoms with Gasteiger partial charge in [-0.2, -0.15) is 0 Å². The molecule has 0 amide bonds. The SMILES string of the molecule is Cc1[nH]c2ccccc2c1C(=O)[C@H](C)OC(=O)c1cc(S(N)(=O)=O)ccc1F. The van der Waals surface area contributed by atoms with E-state index in [1.54, 1.807) is 19.1 Å². The van der Waals surface area contributed by atoms with Crippen LogP contribution in [-0.4, -0.2) is 31.3 Å². The number of carbonyl (C=O) groups is 2. The molecule has 146 valence electrons. The van der Waals surface area contributed by atoms with Crippen LogP contribution in [0.15, 0.2) is 47.4 Å². The van der Waals surface area contributed by atoms with Crippen LogP contribution < -0.4 is 5.14 Å². The number of Topliss-reactive ketones (excluding diaryl/α,β-unsaturated/α-hetero) is 1. The molecule has 0 aliphatic carbocycles. The molecular weight excluding hydrogens is 387 g/mol. The predicted octanol–water partition coefficient (Wildman–Crippen LogP) is 2.69. The van der Waals surface area contributed by atoms with Gasteiger partial charge in [0.1, 0.15) is 5.82 Å². The molecule has 3 aromatic rings. The van der Waals surface area contributed by atoms with Crippen LogP contribution in [0.1, 0.15) is 33.3 Å². The largest absolute Gasteiger partial charge is 0.451 e. The van der Waals surface area contributed by atoms with Gasteiger partial charge in [0.2, 0.25) is 15.8 Å². The van der Waals surface area contributed by atoms with Gasteiger partial charge in [-0.05, 0) is 38.1 Å². The van der Waals surface area contributed by atoms with Gasteiger partial charge in [0.25, 0.3) is 0 Å². The third-order valence-electron chi connectivity index (χ3n) is 4.28. The molecule has 0 aliphatic heterocycles. The number of hydrogen-bond donors (Lipinski definition) is 2. The molecule has 3 rings (SSSR count). The molecule has 3 N–H and O–H groups in total. The van der Waals surface area contributed by atoms with Crippen LogP contribution in [0, 0.1) is 12.7 Å². The van der Waals surface area contributed by atoms with Crippen molar-refractivity contribution in [2.24, 2.45) is 5.14 Å². The van der Waals surface area contributed by atoms with Crippen molar-refractivity contribution in [1.82, 2.24) is 4.98 Å². The summed E-state index contributed by atoms with van der Waals surface area (Å²) >= 11 is 0. The number of primary sulfonamides is 1. The minimum atomic E-state index is -4.13. The number of carbonyl (C=O) groups excluding carboxylic acids is 2. The maximum Gasteiger partial charge on any atom is 0.341 e. The highest BCUT2D eigenvalue weighted by molar-refractivity contribution is 7.89. The second-order valence-electron chi connectivity index (χ2n) is 6.27. The number of ketones is 1. The lowest BCUT2D eigenvalue weighted by atomic mass is 10.0. The van der Waals surface area contributed by atoms with Crippen LogP contribution >= 0.6 is 0 Å². The van der Waals surface area contributed by atoms with E-state index >= 15 is 0 Å². The summed E-state index contributed by atoms with van der Waals surface area (Å²) in [6.45, 7) is 3.08. The van der Waals surface area contributed by atoms with Crippen molar-refractivity contribution in [3.63, 3.8) is 0 Å². The first kappa shape index (κ1) is 19.7. The van der Waals surface area contributed by atoms with E-state index in [-0.39, 0.29) is 0 Å². The second kappa shape index (κ2) is 7.17. The van der Waals surface area contributed by atoms with Gasteiger partial charge in [0.15, 0.2) is 6.10 Å². The van der Waals surface area contributed by atoms with E-state index in [0.29, 0.717) is 16.6 Å². The van der Waals surface area contributed by atoms with Gasteiger partial charge in [0, 0.05) is 22.2 Å². The van der Waals surface area contributed by atoms with Gasteiger partial charge >= 0.3 is 5.97 Å². The van der Waals surface area contributed by atoms with Crippen molar-refractivity contribution < 1.29 is 27.1 Å². The van der Waals surface area contributed by atoms with Crippen LogP contribution in [0.25, 0.3) is 10.9 Å². The van der Waals surface area contributed by atoms with E-state index in [9.17, 15) is 22.4 Å². The molecule has 1 aromatic heterocycles. The number of rotatable bonds is 5. The monoisotopic (exact) mass is 404 g/mol. The van der Waals surface area contributed by atoms with Crippen LogP contribution in [0.4, 0.5) is 4.39 Å². The summed E-state index contributed by atoms with van der Waals surface area (Å²) in [5.41, 5.74) is 1.11. The zero-order valence-corrected chi connectivity index (χ0v) is 15.8. The molecule has 2 aromatic carbocycles. The Morgan fingerprint density at radius 3 is 2.54 bits per heavy atom. The molecule has 0 aliphatic rings. The number of halogens is 1. The molecular formula is C19H17FN2O5S. The molecule has 0 radical (unpaired) electrons. The lowest BCUT2D eigenvalue weighted by Crippen LogP contribution is -2.25. The minimum absolute atomic E-state index is 0.370. The molecule has 1 heterocycles. The van der Waals surface area contributed by atoms with Crippen molar-refractivity contribution in [3.8, 4) is 0 Å². The minimum Gasteiger partial charge on any atom is -0.451 e. The lowest BCUT2D eigenvalue weighted by molar-refractivity contribution is 0.0314. The fraction of sp³-hybridized carbons (Fsp3) is 0.158. The molecule has 0 unspecified atom stereocenters. The van der Waals surface area contributed by atoms with Gasteiger partial charge in [-0.15, -0.1) is 0 Å². The smallest absolute Gasteiger partial charge is 0.341 e. The quantitative estimate of drug-likeness (QED) is 0.500. The summed E-state index contributed by atoms with van der Waals surface area (Å²) in [6.07, 6.45) is -1.22. The number of para-hydroxylation sites is 1. The number of aryl methyl sites for hydroxylation is 1. The maximum absolute atomic E-state index is 14.0. The first-order valence-corrected chi connectivity index (χ1v) is 9.79. The number of ether oxygens (including phenoxy) is 1. The summed E-state index contributed by atoms with van der Waals surface area (Å²) < 4.78 is 41.9. The number of aromatic nitrogens is 1. The average Bonchev–Trinajstić information content (AvgIpc) is 2.95. The first-order chi connectivity index (χ1) is 13.1. The number of fused-ring (bicyclic) bond motifs is 1.